The minimum Gasteiger partial charge on any atom is -0.480 e. The standard InChI is InChI=1S/C12H22N2O4/c1-2-10(11(16)17)13-12(18)14(7-8-15)9-5-3-4-6-9/h9-10,15H,2-8H2,1H3,(H,13,18)(H,16,17). The van der Waals surface area contributed by atoms with E-state index < -0.39 is 12.0 Å². The zero-order chi connectivity index (χ0) is 13.5. The van der Waals surface area contributed by atoms with Gasteiger partial charge in [-0.05, 0) is 19.3 Å². The first kappa shape index (κ1) is 14.8. The first-order valence-electron chi connectivity index (χ1n) is 6.51. The van der Waals surface area contributed by atoms with E-state index in [0.717, 1.165) is 25.7 Å². The predicted molar refractivity (Wildman–Crippen MR) is 66.3 cm³/mol. The topological polar surface area (TPSA) is 89.9 Å². The van der Waals surface area contributed by atoms with Crippen LogP contribution in [0.25, 0.3) is 0 Å². The van der Waals surface area contributed by atoms with Gasteiger partial charge in [0.25, 0.3) is 0 Å². The summed E-state index contributed by atoms with van der Waals surface area (Å²) >= 11 is 0. The molecule has 1 aliphatic carbocycles. The van der Waals surface area contributed by atoms with Crippen molar-refractivity contribution >= 4 is 12.0 Å². The fourth-order valence-electron chi connectivity index (χ4n) is 2.34. The van der Waals surface area contributed by atoms with Crippen LogP contribution in [-0.4, -0.2) is 52.3 Å². The number of aliphatic hydroxyl groups excluding tert-OH is 1. The number of carbonyl (C=O) groups is 2. The number of aliphatic carboxylic acids is 1. The molecule has 0 aromatic rings. The van der Waals surface area contributed by atoms with Crippen molar-refractivity contribution in [1.29, 1.82) is 0 Å². The smallest absolute Gasteiger partial charge is 0.326 e. The van der Waals surface area contributed by atoms with Crippen molar-refractivity contribution in [3.05, 3.63) is 0 Å². The first-order valence-corrected chi connectivity index (χ1v) is 6.51. The van der Waals surface area contributed by atoms with E-state index in [9.17, 15) is 9.59 Å². The number of rotatable bonds is 6. The molecule has 0 radical (unpaired) electrons. The van der Waals surface area contributed by atoms with Gasteiger partial charge in [0, 0.05) is 12.6 Å². The maximum Gasteiger partial charge on any atom is 0.326 e. The number of carboxylic acid groups (broad SMARTS) is 1. The first-order chi connectivity index (χ1) is 8.60. The summed E-state index contributed by atoms with van der Waals surface area (Å²) in [5.74, 6) is -1.03. The number of nitrogens with zero attached hydrogens (tertiary/aromatic N) is 1. The molecule has 1 unspecified atom stereocenters. The van der Waals surface area contributed by atoms with Crippen LogP contribution in [0.3, 0.4) is 0 Å². The van der Waals surface area contributed by atoms with Gasteiger partial charge in [-0.3, -0.25) is 0 Å². The highest BCUT2D eigenvalue weighted by Crippen LogP contribution is 2.23. The molecule has 0 heterocycles. The molecule has 18 heavy (non-hydrogen) atoms. The van der Waals surface area contributed by atoms with Crippen LogP contribution in [0.4, 0.5) is 4.79 Å². The molecule has 0 bridgehead atoms. The number of hydrogen-bond donors (Lipinski definition) is 3. The molecular weight excluding hydrogens is 236 g/mol. The highest BCUT2D eigenvalue weighted by Gasteiger charge is 2.28. The van der Waals surface area contributed by atoms with Gasteiger partial charge in [0.15, 0.2) is 0 Å². The van der Waals surface area contributed by atoms with Crippen LogP contribution in [0, 0.1) is 0 Å². The van der Waals surface area contributed by atoms with Crippen molar-refractivity contribution in [1.82, 2.24) is 10.2 Å². The number of carbonyl (C=O) groups excluding carboxylic acids is 1. The zero-order valence-corrected chi connectivity index (χ0v) is 10.8. The summed E-state index contributed by atoms with van der Waals surface area (Å²) in [6.45, 7) is 1.87. The van der Waals surface area contributed by atoms with Gasteiger partial charge in [0.1, 0.15) is 6.04 Å². The van der Waals surface area contributed by atoms with Gasteiger partial charge >= 0.3 is 12.0 Å². The van der Waals surface area contributed by atoms with E-state index in [1.54, 1.807) is 11.8 Å². The Balaban J connectivity index is 2.60. The van der Waals surface area contributed by atoms with Gasteiger partial charge in [0.2, 0.25) is 0 Å². The third-order valence-corrected chi connectivity index (χ3v) is 3.37. The van der Waals surface area contributed by atoms with Gasteiger partial charge < -0.3 is 20.4 Å². The van der Waals surface area contributed by atoms with E-state index >= 15 is 0 Å². The average molecular weight is 258 g/mol. The molecular formula is C12H22N2O4. The van der Waals surface area contributed by atoms with Crippen LogP contribution < -0.4 is 5.32 Å². The van der Waals surface area contributed by atoms with Gasteiger partial charge in [0.05, 0.1) is 6.61 Å². The average Bonchev–Trinajstić information content (AvgIpc) is 2.85. The third kappa shape index (κ3) is 3.87. The number of aliphatic hydroxyl groups is 1. The normalized spacial score (nSPS) is 17.4. The maximum absolute atomic E-state index is 12.0. The Labute approximate surface area is 107 Å². The van der Waals surface area contributed by atoms with Gasteiger partial charge in [-0.15, -0.1) is 0 Å². The summed E-state index contributed by atoms with van der Waals surface area (Å²) in [5.41, 5.74) is 0. The molecule has 3 N–H and O–H groups in total. The minimum atomic E-state index is -1.03. The van der Waals surface area contributed by atoms with Gasteiger partial charge in [-0.1, -0.05) is 19.8 Å². The Morgan fingerprint density at radius 3 is 2.44 bits per heavy atom. The van der Waals surface area contributed by atoms with Crippen molar-refractivity contribution in [2.75, 3.05) is 13.2 Å². The summed E-state index contributed by atoms with van der Waals surface area (Å²) in [6, 6.07) is -1.12. The molecule has 1 rings (SSSR count). The zero-order valence-electron chi connectivity index (χ0n) is 10.8. The lowest BCUT2D eigenvalue weighted by Crippen LogP contribution is -2.51. The molecule has 6 heteroatoms. The predicted octanol–water partition coefficient (Wildman–Crippen LogP) is 0.796. The molecule has 1 atom stereocenters. The summed E-state index contributed by atoms with van der Waals surface area (Å²) in [6.07, 6.45) is 4.36. The van der Waals surface area contributed by atoms with Crippen LogP contribution in [0.2, 0.25) is 0 Å². The van der Waals surface area contributed by atoms with Crippen LogP contribution in [0.1, 0.15) is 39.0 Å². The lowest BCUT2D eigenvalue weighted by Gasteiger charge is -2.29. The third-order valence-electron chi connectivity index (χ3n) is 3.37. The van der Waals surface area contributed by atoms with Crippen molar-refractivity contribution in [2.45, 2.75) is 51.1 Å². The molecule has 0 aromatic heterocycles. The molecule has 0 saturated heterocycles. The monoisotopic (exact) mass is 258 g/mol. The summed E-state index contributed by atoms with van der Waals surface area (Å²) < 4.78 is 0. The molecule has 1 aliphatic rings. The van der Waals surface area contributed by atoms with E-state index in [2.05, 4.69) is 5.32 Å². The molecule has 2 amide bonds. The number of nitrogens with one attached hydrogen (secondary N) is 1. The molecule has 0 aliphatic heterocycles. The number of amides is 2. The molecule has 104 valence electrons. The summed E-state index contributed by atoms with van der Waals surface area (Å²) in [7, 11) is 0. The summed E-state index contributed by atoms with van der Waals surface area (Å²) in [5, 5.41) is 20.4. The molecule has 0 aromatic carbocycles. The lowest BCUT2D eigenvalue weighted by molar-refractivity contribution is -0.139. The van der Waals surface area contributed by atoms with Crippen molar-refractivity contribution in [3.63, 3.8) is 0 Å². The Morgan fingerprint density at radius 2 is 2.00 bits per heavy atom. The quantitative estimate of drug-likeness (QED) is 0.657. The van der Waals surface area contributed by atoms with Crippen LogP contribution in [-0.2, 0) is 4.79 Å². The van der Waals surface area contributed by atoms with E-state index in [0.29, 0.717) is 6.42 Å². The SMILES string of the molecule is CCC(NC(=O)N(CCO)C1CCCC1)C(=O)O. The van der Waals surface area contributed by atoms with Crippen LogP contribution in [0.15, 0.2) is 0 Å². The highest BCUT2D eigenvalue weighted by molar-refractivity contribution is 5.82. The molecule has 0 spiro atoms. The van der Waals surface area contributed by atoms with E-state index in [1.165, 1.54) is 0 Å². The second-order valence-corrected chi connectivity index (χ2v) is 4.60. The Morgan fingerprint density at radius 1 is 1.39 bits per heavy atom. The molecule has 1 fully saturated rings. The number of hydrogen-bond acceptors (Lipinski definition) is 3. The van der Waals surface area contributed by atoms with Crippen LogP contribution >= 0.6 is 0 Å². The van der Waals surface area contributed by atoms with Gasteiger partial charge in [-0.2, -0.15) is 0 Å². The van der Waals surface area contributed by atoms with E-state index in [4.69, 9.17) is 10.2 Å². The van der Waals surface area contributed by atoms with E-state index in [1.807, 2.05) is 0 Å². The maximum atomic E-state index is 12.0. The Kier molecular flexibility index (Phi) is 5.91. The second-order valence-electron chi connectivity index (χ2n) is 4.60. The minimum absolute atomic E-state index is 0.103. The Bertz CT molecular complexity index is 290. The molecule has 6 nitrogen and oxygen atoms in total. The van der Waals surface area contributed by atoms with Crippen LogP contribution in [0.5, 0.6) is 0 Å². The summed E-state index contributed by atoms with van der Waals surface area (Å²) in [4.78, 5) is 24.5. The lowest BCUT2D eigenvalue weighted by atomic mass is 10.2. The largest absolute Gasteiger partial charge is 0.480 e. The van der Waals surface area contributed by atoms with Gasteiger partial charge in [-0.25, -0.2) is 9.59 Å². The van der Waals surface area contributed by atoms with Crippen molar-refractivity contribution < 1.29 is 19.8 Å². The fourth-order valence-corrected chi connectivity index (χ4v) is 2.34. The number of urea groups is 1. The number of carboxylic acids is 1. The molecule has 1 saturated carbocycles. The van der Waals surface area contributed by atoms with E-state index in [-0.39, 0.29) is 25.2 Å². The Hall–Kier alpha value is -1.30. The van der Waals surface area contributed by atoms with Crippen molar-refractivity contribution in [2.24, 2.45) is 0 Å². The highest BCUT2D eigenvalue weighted by atomic mass is 16.4. The fraction of sp³-hybridized carbons (Fsp3) is 0.833. The second kappa shape index (κ2) is 7.20. The van der Waals surface area contributed by atoms with Crippen molar-refractivity contribution in [3.8, 4) is 0 Å².